The topological polar surface area (TPSA) is 150 Å². The molecule has 29 heavy (non-hydrogen) atoms. The van der Waals surface area contributed by atoms with Gasteiger partial charge in [0.05, 0.1) is 17.2 Å². The zero-order chi connectivity index (χ0) is 22.4. The molecule has 10 heteroatoms. The Morgan fingerprint density at radius 1 is 1.03 bits per heavy atom. The number of carbonyl (C=O) groups excluding carboxylic acids is 2. The van der Waals surface area contributed by atoms with E-state index >= 15 is 0 Å². The van der Waals surface area contributed by atoms with Gasteiger partial charge < -0.3 is 19.9 Å². The van der Waals surface area contributed by atoms with Crippen LogP contribution in [-0.2, 0) is 9.47 Å². The van der Waals surface area contributed by atoms with Crippen molar-refractivity contribution in [2.45, 2.75) is 52.7 Å². The fourth-order valence-electron chi connectivity index (χ4n) is 1.89. The normalized spacial score (nSPS) is 11.8. The number of nitriles is 1. The summed E-state index contributed by atoms with van der Waals surface area (Å²) < 4.78 is 10.2. The van der Waals surface area contributed by atoms with Crippen LogP contribution in [0.25, 0.3) is 0 Å². The molecule has 2 amide bonds. The molecule has 156 valence electrons. The molecule has 10 nitrogen and oxygen atoms in total. The lowest BCUT2D eigenvalue weighted by Crippen LogP contribution is -2.40. The lowest BCUT2D eigenvalue weighted by Gasteiger charge is -2.21. The molecule has 0 saturated heterocycles. The Kier molecular flexibility index (Phi) is 7.31. The second-order valence-corrected chi connectivity index (χ2v) is 7.91. The fraction of sp³-hybridized carbons (Fsp3) is 0.421. The van der Waals surface area contributed by atoms with Gasteiger partial charge >= 0.3 is 18.2 Å². The molecule has 0 saturated carbocycles. The van der Waals surface area contributed by atoms with Crippen LogP contribution in [-0.4, -0.2) is 40.4 Å². The molecule has 0 aromatic heterocycles. The number of aliphatic imine (C=N–C) groups is 1. The van der Waals surface area contributed by atoms with Crippen LogP contribution < -0.4 is 10.6 Å². The van der Waals surface area contributed by atoms with Gasteiger partial charge in [-0.05, 0) is 59.7 Å². The highest BCUT2D eigenvalue weighted by molar-refractivity contribution is 6.06. The number of carboxylic acid groups (broad SMARTS) is 1. The molecular weight excluding hydrogens is 380 g/mol. The van der Waals surface area contributed by atoms with Crippen molar-refractivity contribution in [2.75, 3.05) is 5.32 Å². The highest BCUT2D eigenvalue weighted by Gasteiger charge is 2.21. The van der Waals surface area contributed by atoms with Gasteiger partial charge in [0.2, 0.25) is 5.96 Å². The average Bonchev–Trinajstić information content (AvgIpc) is 2.50. The maximum absolute atomic E-state index is 12.1. The van der Waals surface area contributed by atoms with E-state index in [0.717, 1.165) is 0 Å². The summed E-state index contributed by atoms with van der Waals surface area (Å²) in [5, 5.41) is 23.1. The van der Waals surface area contributed by atoms with Gasteiger partial charge in [0.25, 0.3) is 0 Å². The second-order valence-electron chi connectivity index (χ2n) is 7.91. The fourth-order valence-corrected chi connectivity index (χ4v) is 1.89. The monoisotopic (exact) mass is 404 g/mol. The van der Waals surface area contributed by atoms with Gasteiger partial charge in [0.15, 0.2) is 0 Å². The van der Waals surface area contributed by atoms with Crippen LogP contribution in [0.4, 0.5) is 15.3 Å². The van der Waals surface area contributed by atoms with Crippen molar-refractivity contribution in [3.63, 3.8) is 0 Å². The second kappa shape index (κ2) is 9.05. The lowest BCUT2D eigenvalue weighted by molar-refractivity contribution is 0.0561. The SMILES string of the molecule is CC(C)(C)OC(=O)/N=C(\NC(=O)OC(C)(C)C)Nc1cc(C#N)cc(C(=O)O)c1. The first-order valence-corrected chi connectivity index (χ1v) is 8.56. The largest absolute Gasteiger partial charge is 0.478 e. The Labute approximate surface area is 168 Å². The van der Waals surface area contributed by atoms with Gasteiger partial charge in [-0.2, -0.15) is 5.26 Å². The van der Waals surface area contributed by atoms with E-state index < -0.39 is 29.4 Å². The number of anilines is 1. The number of amides is 2. The highest BCUT2D eigenvalue weighted by atomic mass is 16.6. The number of rotatable bonds is 2. The van der Waals surface area contributed by atoms with Crippen LogP contribution in [0, 0.1) is 11.3 Å². The molecule has 0 spiro atoms. The van der Waals surface area contributed by atoms with E-state index in [1.807, 2.05) is 6.07 Å². The molecule has 1 rings (SSSR count). The molecule has 1 aromatic rings. The summed E-state index contributed by atoms with van der Waals surface area (Å²) in [4.78, 5) is 39.0. The average molecular weight is 404 g/mol. The zero-order valence-electron chi connectivity index (χ0n) is 17.1. The first kappa shape index (κ1) is 23.4. The Hall–Kier alpha value is -3.61. The van der Waals surface area contributed by atoms with Gasteiger partial charge in [-0.15, -0.1) is 4.99 Å². The minimum absolute atomic E-state index is 0.0567. The number of nitrogens with zero attached hydrogens (tertiary/aromatic N) is 2. The van der Waals surface area contributed by atoms with Crippen LogP contribution in [0.3, 0.4) is 0 Å². The molecule has 1 aromatic carbocycles. The molecule has 0 aliphatic heterocycles. The first-order valence-electron chi connectivity index (χ1n) is 8.56. The smallest absolute Gasteiger partial charge is 0.437 e. The number of hydrogen-bond donors (Lipinski definition) is 3. The summed E-state index contributed by atoms with van der Waals surface area (Å²) in [6.45, 7) is 9.89. The molecule has 0 heterocycles. The number of guanidine groups is 1. The van der Waals surface area contributed by atoms with E-state index in [0.29, 0.717) is 0 Å². The van der Waals surface area contributed by atoms with Crippen LogP contribution >= 0.6 is 0 Å². The van der Waals surface area contributed by atoms with Crippen LogP contribution in [0.15, 0.2) is 23.2 Å². The number of benzene rings is 1. The van der Waals surface area contributed by atoms with Gasteiger partial charge in [-0.3, -0.25) is 5.32 Å². The maximum Gasteiger partial charge on any atom is 0.437 e. The van der Waals surface area contributed by atoms with Crippen LogP contribution in [0.1, 0.15) is 57.5 Å². The first-order chi connectivity index (χ1) is 13.2. The Morgan fingerprint density at radius 2 is 1.62 bits per heavy atom. The molecule has 0 radical (unpaired) electrons. The van der Waals surface area contributed by atoms with E-state index in [1.165, 1.54) is 18.2 Å². The third kappa shape index (κ3) is 9.23. The third-order valence-corrected chi connectivity index (χ3v) is 2.79. The van der Waals surface area contributed by atoms with Crippen molar-refractivity contribution in [1.29, 1.82) is 5.26 Å². The maximum atomic E-state index is 12.1. The van der Waals surface area contributed by atoms with Gasteiger partial charge in [0.1, 0.15) is 11.2 Å². The quantitative estimate of drug-likeness (QED) is 0.501. The predicted octanol–water partition coefficient (Wildman–Crippen LogP) is 3.48. The number of carbonyl (C=O) groups is 3. The molecule has 0 aliphatic carbocycles. The summed E-state index contributed by atoms with van der Waals surface area (Å²) in [7, 11) is 0. The van der Waals surface area contributed by atoms with E-state index in [1.54, 1.807) is 41.5 Å². The zero-order valence-corrected chi connectivity index (χ0v) is 17.1. The molecule has 0 fully saturated rings. The number of carboxylic acids is 1. The predicted molar refractivity (Wildman–Crippen MR) is 105 cm³/mol. The van der Waals surface area contributed by atoms with Crippen molar-refractivity contribution in [2.24, 2.45) is 4.99 Å². The van der Waals surface area contributed by atoms with Crippen molar-refractivity contribution in [1.82, 2.24) is 5.32 Å². The summed E-state index contributed by atoms with van der Waals surface area (Å²) in [6.07, 6.45) is -1.90. The Bertz CT molecular complexity index is 872. The van der Waals surface area contributed by atoms with Crippen molar-refractivity contribution >= 4 is 29.8 Å². The van der Waals surface area contributed by atoms with Gasteiger partial charge in [-0.1, -0.05) is 0 Å². The van der Waals surface area contributed by atoms with E-state index in [4.69, 9.17) is 14.7 Å². The molecule has 3 N–H and O–H groups in total. The number of hydrogen-bond acceptors (Lipinski definition) is 6. The summed E-state index contributed by atoms with van der Waals surface area (Å²) >= 11 is 0. The molecule has 0 bridgehead atoms. The summed E-state index contributed by atoms with van der Waals surface area (Å²) in [6, 6.07) is 5.55. The molecule has 0 aliphatic rings. The van der Waals surface area contributed by atoms with E-state index in [-0.39, 0.29) is 22.8 Å². The van der Waals surface area contributed by atoms with Crippen molar-refractivity contribution < 1.29 is 29.0 Å². The summed E-state index contributed by atoms with van der Waals surface area (Å²) in [5.74, 6) is -1.61. The minimum Gasteiger partial charge on any atom is -0.478 e. The van der Waals surface area contributed by atoms with E-state index in [9.17, 15) is 19.5 Å². The molecule has 0 atom stereocenters. The minimum atomic E-state index is -1.25. The van der Waals surface area contributed by atoms with Gasteiger partial charge in [0, 0.05) is 5.69 Å². The van der Waals surface area contributed by atoms with Crippen LogP contribution in [0.2, 0.25) is 0 Å². The third-order valence-electron chi connectivity index (χ3n) is 2.79. The summed E-state index contributed by atoms with van der Waals surface area (Å²) in [5.41, 5.74) is -1.63. The van der Waals surface area contributed by atoms with Crippen LogP contribution in [0.5, 0.6) is 0 Å². The Morgan fingerprint density at radius 3 is 2.10 bits per heavy atom. The Balaban J connectivity index is 3.22. The lowest BCUT2D eigenvalue weighted by atomic mass is 10.1. The van der Waals surface area contributed by atoms with Crippen molar-refractivity contribution in [3.05, 3.63) is 29.3 Å². The van der Waals surface area contributed by atoms with E-state index in [2.05, 4.69) is 15.6 Å². The van der Waals surface area contributed by atoms with Gasteiger partial charge in [-0.25, -0.2) is 14.4 Å². The standard InChI is InChI=1S/C19H24N4O6/c1-18(2,3)28-16(26)22-15(23-17(27)29-19(4,5)6)21-13-8-11(10-20)7-12(9-13)14(24)25/h7-9H,1-6H3,(H,24,25)(H2,21,22,23,26,27). The number of aromatic carboxylic acids is 1. The number of ether oxygens (including phenoxy) is 2. The highest BCUT2D eigenvalue weighted by Crippen LogP contribution is 2.15. The number of nitrogens with one attached hydrogen (secondary N) is 2. The number of alkyl carbamates (subject to hydrolysis) is 1. The molecule has 0 unspecified atom stereocenters. The molecular formula is C19H24N4O6. The van der Waals surface area contributed by atoms with Crippen molar-refractivity contribution in [3.8, 4) is 6.07 Å².